The predicted octanol–water partition coefficient (Wildman–Crippen LogP) is 4.83. The molecule has 2 aliphatic heterocycles. The highest BCUT2D eigenvalue weighted by atomic mass is 32.2. The number of hydrogen-bond acceptors (Lipinski definition) is 6. The van der Waals surface area contributed by atoms with E-state index in [1.165, 1.54) is 5.56 Å². The summed E-state index contributed by atoms with van der Waals surface area (Å²) in [5.74, 6) is 0.906. The maximum Gasteiger partial charge on any atom is 0.170 e. The van der Waals surface area contributed by atoms with Crippen LogP contribution in [0.1, 0.15) is 35.5 Å². The van der Waals surface area contributed by atoms with Gasteiger partial charge in [-0.25, -0.2) is 0 Å². The number of pyridine rings is 1. The van der Waals surface area contributed by atoms with Crippen LogP contribution in [0.15, 0.2) is 75.2 Å². The molecular formula is C26H30N4O2S2. The Hall–Kier alpha value is -2.39. The van der Waals surface area contributed by atoms with Crippen molar-refractivity contribution >= 4 is 29.1 Å². The normalized spacial score (nSPS) is 21.1. The number of furan rings is 1. The zero-order valence-corrected chi connectivity index (χ0v) is 21.0. The summed E-state index contributed by atoms with van der Waals surface area (Å²) in [6.45, 7) is 7.64. The van der Waals surface area contributed by atoms with Gasteiger partial charge in [-0.15, -0.1) is 0 Å². The van der Waals surface area contributed by atoms with E-state index in [0.29, 0.717) is 0 Å². The van der Waals surface area contributed by atoms with Gasteiger partial charge in [0.05, 0.1) is 24.9 Å². The molecule has 2 saturated heterocycles. The number of hydrogen-bond donors (Lipinski definition) is 1. The van der Waals surface area contributed by atoms with Crippen LogP contribution in [-0.2, 0) is 4.74 Å². The third-order valence-electron chi connectivity index (χ3n) is 6.31. The Labute approximate surface area is 210 Å². The van der Waals surface area contributed by atoms with E-state index in [1.54, 1.807) is 11.8 Å². The molecule has 0 saturated carbocycles. The van der Waals surface area contributed by atoms with Gasteiger partial charge >= 0.3 is 0 Å². The maximum atomic E-state index is 6.40. The van der Waals surface area contributed by atoms with Gasteiger partial charge in [-0.05, 0) is 62.0 Å². The van der Waals surface area contributed by atoms with Crippen molar-refractivity contribution in [1.82, 2.24) is 20.1 Å². The Morgan fingerprint density at radius 3 is 2.65 bits per heavy atom. The Morgan fingerprint density at radius 2 is 1.88 bits per heavy atom. The summed E-state index contributed by atoms with van der Waals surface area (Å²) in [5, 5.41) is 5.15. The van der Waals surface area contributed by atoms with Gasteiger partial charge in [-0.1, -0.05) is 35.5 Å². The number of benzene rings is 1. The van der Waals surface area contributed by atoms with Crippen LogP contribution in [0.4, 0.5) is 0 Å². The Balaban J connectivity index is 1.35. The summed E-state index contributed by atoms with van der Waals surface area (Å²) < 4.78 is 11.9. The number of nitrogens with zero attached hydrogens (tertiary/aromatic N) is 3. The molecule has 3 aromatic rings. The van der Waals surface area contributed by atoms with Crippen LogP contribution in [0.2, 0.25) is 0 Å². The fraction of sp³-hybridized carbons (Fsp3) is 0.385. The van der Waals surface area contributed by atoms with Gasteiger partial charge in [0.15, 0.2) is 10.2 Å². The smallest absolute Gasteiger partial charge is 0.170 e. The largest absolute Gasteiger partial charge is 0.452 e. The molecule has 2 aromatic heterocycles. The first-order chi connectivity index (χ1) is 16.7. The quantitative estimate of drug-likeness (QED) is 0.447. The molecule has 8 heteroatoms. The molecule has 0 spiro atoms. The monoisotopic (exact) mass is 494 g/mol. The second kappa shape index (κ2) is 10.9. The van der Waals surface area contributed by atoms with Crippen LogP contribution in [0.3, 0.4) is 0 Å². The van der Waals surface area contributed by atoms with E-state index in [9.17, 15) is 0 Å². The summed E-state index contributed by atoms with van der Waals surface area (Å²) in [7, 11) is 0. The molecule has 2 aliphatic rings. The number of rotatable bonds is 8. The van der Waals surface area contributed by atoms with Gasteiger partial charge in [0.1, 0.15) is 11.8 Å². The van der Waals surface area contributed by atoms with E-state index in [0.717, 1.165) is 72.4 Å². The molecule has 178 valence electrons. The lowest BCUT2D eigenvalue weighted by atomic mass is 10.0. The van der Waals surface area contributed by atoms with Crippen molar-refractivity contribution < 1.29 is 9.15 Å². The molecule has 6 nitrogen and oxygen atoms in total. The number of aromatic nitrogens is 1. The first-order valence-electron chi connectivity index (χ1n) is 11.8. The second-order valence-electron chi connectivity index (χ2n) is 8.70. The molecule has 5 rings (SSSR count). The van der Waals surface area contributed by atoms with E-state index in [1.807, 2.05) is 18.3 Å². The van der Waals surface area contributed by atoms with Crippen molar-refractivity contribution in [2.45, 2.75) is 35.4 Å². The van der Waals surface area contributed by atoms with Crippen LogP contribution in [0.5, 0.6) is 0 Å². The summed E-state index contributed by atoms with van der Waals surface area (Å²) in [5.41, 5.74) is 2.22. The molecule has 4 heterocycles. The molecule has 2 atom stereocenters. The van der Waals surface area contributed by atoms with E-state index in [-0.39, 0.29) is 12.1 Å². The van der Waals surface area contributed by atoms with Gasteiger partial charge in [0, 0.05) is 37.3 Å². The predicted molar refractivity (Wildman–Crippen MR) is 138 cm³/mol. The zero-order valence-electron chi connectivity index (χ0n) is 19.4. The van der Waals surface area contributed by atoms with E-state index in [4.69, 9.17) is 21.4 Å². The minimum Gasteiger partial charge on any atom is -0.452 e. The van der Waals surface area contributed by atoms with Gasteiger partial charge in [-0.2, -0.15) is 0 Å². The SMILES string of the molecule is Cc1ccc(Sc2ccc([C@H]3[C@@H](c4ccccn4)NC(=S)N3CCCN3CCOCC3)o2)cc1. The number of ether oxygens (including phenoxy) is 1. The second-order valence-corrected chi connectivity index (χ2v) is 10.2. The van der Waals surface area contributed by atoms with E-state index >= 15 is 0 Å². The summed E-state index contributed by atoms with van der Waals surface area (Å²) >= 11 is 7.43. The number of aryl methyl sites for hydroxylation is 1. The summed E-state index contributed by atoms with van der Waals surface area (Å²) in [6.07, 6.45) is 2.86. The molecule has 34 heavy (non-hydrogen) atoms. The average molecular weight is 495 g/mol. The third kappa shape index (κ3) is 5.46. The maximum absolute atomic E-state index is 6.40. The molecule has 0 bridgehead atoms. The highest BCUT2D eigenvalue weighted by Crippen LogP contribution is 2.41. The number of nitrogens with one attached hydrogen (secondary N) is 1. The van der Waals surface area contributed by atoms with Crippen molar-refractivity contribution in [2.24, 2.45) is 0 Å². The fourth-order valence-corrected chi connectivity index (χ4v) is 5.63. The van der Waals surface area contributed by atoms with Crippen LogP contribution >= 0.6 is 24.0 Å². The van der Waals surface area contributed by atoms with Crippen molar-refractivity contribution in [3.05, 3.63) is 77.8 Å². The molecular weight excluding hydrogens is 464 g/mol. The van der Waals surface area contributed by atoms with Gasteiger partial charge < -0.3 is 19.4 Å². The summed E-state index contributed by atoms with van der Waals surface area (Å²) in [4.78, 5) is 10.5. The molecule has 0 amide bonds. The Kier molecular flexibility index (Phi) is 7.49. The highest BCUT2D eigenvalue weighted by Gasteiger charge is 2.41. The molecule has 1 N–H and O–H groups in total. The van der Waals surface area contributed by atoms with E-state index in [2.05, 4.69) is 69.5 Å². The topological polar surface area (TPSA) is 53.8 Å². The lowest BCUT2D eigenvalue weighted by Gasteiger charge is -2.29. The number of morpholine rings is 1. The average Bonchev–Trinajstić information content (AvgIpc) is 3.46. The van der Waals surface area contributed by atoms with Crippen molar-refractivity contribution in [3.63, 3.8) is 0 Å². The molecule has 0 unspecified atom stereocenters. The Bertz CT molecular complexity index is 1080. The van der Waals surface area contributed by atoms with Crippen LogP contribution < -0.4 is 5.32 Å². The van der Waals surface area contributed by atoms with Crippen LogP contribution in [0.25, 0.3) is 0 Å². The molecule has 0 aliphatic carbocycles. The third-order valence-corrected chi connectivity index (χ3v) is 7.59. The fourth-order valence-electron chi connectivity index (χ4n) is 4.52. The number of thiocarbonyl (C=S) groups is 1. The lowest BCUT2D eigenvalue weighted by Crippen LogP contribution is -2.38. The van der Waals surface area contributed by atoms with Gasteiger partial charge in [0.25, 0.3) is 0 Å². The van der Waals surface area contributed by atoms with E-state index < -0.39 is 0 Å². The standard InChI is InChI=1S/C26H30N4O2S2/c1-19-6-8-20(9-7-19)34-23-11-10-22(32-23)25-24(21-5-2-3-12-27-21)28-26(33)30(25)14-4-13-29-15-17-31-18-16-29/h2-3,5-12,24-25H,4,13-18H2,1H3,(H,28,33)/t24-,25+/m1/s1. The van der Waals surface area contributed by atoms with Crippen LogP contribution in [-0.4, -0.2) is 59.3 Å². The van der Waals surface area contributed by atoms with Gasteiger partial charge in [-0.3, -0.25) is 9.88 Å². The molecule has 2 fully saturated rings. The lowest BCUT2D eigenvalue weighted by molar-refractivity contribution is 0.0365. The molecule has 0 radical (unpaired) electrons. The van der Waals surface area contributed by atoms with Crippen molar-refractivity contribution in [2.75, 3.05) is 39.4 Å². The van der Waals surface area contributed by atoms with Crippen molar-refractivity contribution in [3.8, 4) is 0 Å². The zero-order chi connectivity index (χ0) is 23.3. The van der Waals surface area contributed by atoms with Gasteiger partial charge in [0.2, 0.25) is 0 Å². The minimum atomic E-state index is -0.0551. The Morgan fingerprint density at radius 1 is 1.06 bits per heavy atom. The first-order valence-corrected chi connectivity index (χ1v) is 13.0. The first kappa shape index (κ1) is 23.4. The van der Waals surface area contributed by atoms with Crippen LogP contribution in [0, 0.1) is 6.92 Å². The summed E-state index contributed by atoms with van der Waals surface area (Å²) in [6, 6.07) is 18.6. The highest BCUT2D eigenvalue weighted by molar-refractivity contribution is 7.99. The van der Waals surface area contributed by atoms with Crippen molar-refractivity contribution in [1.29, 1.82) is 0 Å². The minimum absolute atomic E-state index is 0.0422. The molecule has 1 aromatic carbocycles.